The SMILES string of the molecule is COc1c(C)cc(S(=O)(=O)N2Cc3nc(C)[nH]c(=O)c3C2)cc1C. The molecule has 24 heavy (non-hydrogen) atoms. The molecule has 8 heteroatoms. The van der Waals surface area contributed by atoms with Gasteiger partial charge in [0.2, 0.25) is 10.0 Å². The van der Waals surface area contributed by atoms with Crippen molar-refractivity contribution in [3.63, 3.8) is 0 Å². The number of aryl methyl sites for hydroxylation is 3. The van der Waals surface area contributed by atoms with E-state index in [0.29, 0.717) is 22.8 Å². The van der Waals surface area contributed by atoms with Gasteiger partial charge >= 0.3 is 0 Å². The van der Waals surface area contributed by atoms with Gasteiger partial charge in [-0.1, -0.05) is 0 Å². The number of hydrogen-bond acceptors (Lipinski definition) is 5. The van der Waals surface area contributed by atoms with Crippen LogP contribution in [0.4, 0.5) is 0 Å². The molecule has 0 atom stereocenters. The number of rotatable bonds is 3. The molecule has 0 bridgehead atoms. The molecule has 0 spiro atoms. The molecule has 7 nitrogen and oxygen atoms in total. The predicted octanol–water partition coefficient (Wildman–Crippen LogP) is 1.41. The number of nitrogens with zero attached hydrogens (tertiary/aromatic N) is 2. The average molecular weight is 349 g/mol. The van der Waals surface area contributed by atoms with Crippen molar-refractivity contribution < 1.29 is 13.2 Å². The first kappa shape index (κ1) is 16.7. The van der Waals surface area contributed by atoms with E-state index in [9.17, 15) is 13.2 Å². The van der Waals surface area contributed by atoms with Gasteiger partial charge in [-0.05, 0) is 44.0 Å². The Morgan fingerprint density at radius 1 is 1.17 bits per heavy atom. The minimum Gasteiger partial charge on any atom is -0.496 e. The highest BCUT2D eigenvalue weighted by atomic mass is 32.2. The Morgan fingerprint density at radius 3 is 2.38 bits per heavy atom. The van der Waals surface area contributed by atoms with Crippen molar-refractivity contribution in [2.75, 3.05) is 7.11 Å². The summed E-state index contributed by atoms with van der Waals surface area (Å²) in [7, 11) is -2.16. The number of sulfonamides is 1. The van der Waals surface area contributed by atoms with E-state index >= 15 is 0 Å². The molecule has 1 N–H and O–H groups in total. The fourth-order valence-corrected chi connectivity index (χ4v) is 4.60. The molecule has 3 rings (SSSR count). The summed E-state index contributed by atoms with van der Waals surface area (Å²) in [5.41, 5.74) is 2.14. The quantitative estimate of drug-likeness (QED) is 0.904. The van der Waals surface area contributed by atoms with Gasteiger partial charge in [0.1, 0.15) is 11.6 Å². The third-order valence-corrected chi connectivity index (χ3v) is 5.93. The van der Waals surface area contributed by atoms with Gasteiger partial charge < -0.3 is 9.72 Å². The molecule has 128 valence electrons. The largest absolute Gasteiger partial charge is 0.496 e. The minimum atomic E-state index is -3.72. The molecule has 0 radical (unpaired) electrons. The van der Waals surface area contributed by atoms with E-state index in [4.69, 9.17) is 4.74 Å². The molecule has 0 aliphatic carbocycles. The maximum absolute atomic E-state index is 12.9. The first-order chi connectivity index (χ1) is 11.2. The number of aromatic nitrogens is 2. The zero-order valence-corrected chi connectivity index (χ0v) is 14.8. The number of aromatic amines is 1. The molecule has 1 aromatic carbocycles. The van der Waals surface area contributed by atoms with Crippen molar-refractivity contribution in [1.82, 2.24) is 14.3 Å². The number of nitrogens with one attached hydrogen (secondary N) is 1. The third kappa shape index (κ3) is 2.61. The van der Waals surface area contributed by atoms with E-state index in [-0.39, 0.29) is 23.5 Å². The Kier molecular flexibility index (Phi) is 3.97. The van der Waals surface area contributed by atoms with Crippen molar-refractivity contribution in [2.45, 2.75) is 38.8 Å². The lowest BCUT2D eigenvalue weighted by Crippen LogP contribution is -2.26. The second-order valence-electron chi connectivity index (χ2n) is 5.94. The maximum atomic E-state index is 12.9. The Labute approximate surface area is 140 Å². The van der Waals surface area contributed by atoms with E-state index < -0.39 is 10.0 Å². The lowest BCUT2D eigenvalue weighted by Gasteiger charge is -2.17. The van der Waals surface area contributed by atoms with Crippen LogP contribution < -0.4 is 10.3 Å². The molecule has 2 heterocycles. The Hall–Kier alpha value is -2.19. The molecule has 1 aromatic heterocycles. The highest BCUT2D eigenvalue weighted by molar-refractivity contribution is 7.89. The van der Waals surface area contributed by atoms with Crippen molar-refractivity contribution in [3.05, 3.63) is 50.7 Å². The van der Waals surface area contributed by atoms with Gasteiger partial charge in [0.05, 0.1) is 29.8 Å². The topological polar surface area (TPSA) is 92.4 Å². The third-order valence-electron chi connectivity index (χ3n) is 4.16. The number of benzene rings is 1. The predicted molar refractivity (Wildman–Crippen MR) is 88.5 cm³/mol. The molecule has 0 saturated carbocycles. The fraction of sp³-hybridized carbons (Fsp3) is 0.375. The monoisotopic (exact) mass is 349 g/mol. The van der Waals surface area contributed by atoms with Crippen LogP contribution in [0.25, 0.3) is 0 Å². The van der Waals surface area contributed by atoms with Crippen LogP contribution in [-0.4, -0.2) is 29.8 Å². The Morgan fingerprint density at radius 2 is 1.79 bits per heavy atom. The lowest BCUT2D eigenvalue weighted by atomic mass is 10.1. The molecule has 0 amide bonds. The fourth-order valence-electron chi connectivity index (χ4n) is 3.06. The molecule has 0 unspecified atom stereocenters. The Balaban J connectivity index is 2.02. The minimum absolute atomic E-state index is 0.0321. The molecule has 2 aromatic rings. The Bertz CT molecular complexity index is 956. The van der Waals surface area contributed by atoms with E-state index in [1.165, 1.54) is 4.31 Å². The zero-order valence-electron chi connectivity index (χ0n) is 14.0. The van der Waals surface area contributed by atoms with Gasteiger partial charge in [0.25, 0.3) is 5.56 Å². The summed E-state index contributed by atoms with van der Waals surface area (Å²) < 4.78 is 32.5. The van der Waals surface area contributed by atoms with Gasteiger partial charge in [-0.25, -0.2) is 13.4 Å². The van der Waals surface area contributed by atoms with Gasteiger partial charge in [0, 0.05) is 6.54 Å². The van der Waals surface area contributed by atoms with E-state index in [1.54, 1.807) is 40.0 Å². The summed E-state index contributed by atoms with van der Waals surface area (Å²) in [4.78, 5) is 19.1. The van der Waals surface area contributed by atoms with E-state index in [1.807, 2.05) is 0 Å². The van der Waals surface area contributed by atoms with Crippen LogP contribution in [0.5, 0.6) is 5.75 Å². The van der Waals surface area contributed by atoms with Crippen molar-refractivity contribution in [1.29, 1.82) is 0 Å². The van der Waals surface area contributed by atoms with Gasteiger partial charge in [-0.2, -0.15) is 4.31 Å². The normalized spacial score (nSPS) is 14.7. The molecule has 1 aliphatic rings. The average Bonchev–Trinajstić information content (AvgIpc) is 2.91. The summed E-state index contributed by atoms with van der Waals surface area (Å²) in [5.74, 6) is 1.15. The summed E-state index contributed by atoms with van der Waals surface area (Å²) in [6.45, 7) is 5.42. The maximum Gasteiger partial charge on any atom is 0.255 e. The van der Waals surface area contributed by atoms with Crippen LogP contribution in [0, 0.1) is 20.8 Å². The number of hydrogen-bond donors (Lipinski definition) is 1. The zero-order chi connectivity index (χ0) is 17.6. The first-order valence-electron chi connectivity index (χ1n) is 7.48. The summed E-state index contributed by atoms with van der Waals surface area (Å²) in [5, 5.41) is 0. The molecular formula is C16H19N3O4S. The highest BCUT2D eigenvalue weighted by Crippen LogP contribution is 2.31. The second-order valence-corrected chi connectivity index (χ2v) is 7.88. The molecular weight excluding hydrogens is 330 g/mol. The van der Waals surface area contributed by atoms with Crippen LogP contribution in [0.2, 0.25) is 0 Å². The first-order valence-corrected chi connectivity index (χ1v) is 8.92. The molecule has 0 saturated heterocycles. The lowest BCUT2D eigenvalue weighted by molar-refractivity contribution is 0.407. The van der Waals surface area contributed by atoms with E-state index in [0.717, 1.165) is 11.1 Å². The number of fused-ring (bicyclic) bond motifs is 1. The molecule has 0 fully saturated rings. The van der Waals surface area contributed by atoms with Crippen LogP contribution in [0.15, 0.2) is 21.8 Å². The number of methoxy groups -OCH3 is 1. The second kappa shape index (κ2) is 5.71. The molecule has 1 aliphatic heterocycles. The van der Waals surface area contributed by atoms with Gasteiger partial charge in [0.15, 0.2) is 0 Å². The van der Waals surface area contributed by atoms with Crippen molar-refractivity contribution in [2.24, 2.45) is 0 Å². The van der Waals surface area contributed by atoms with Crippen LogP contribution in [-0.2, 0) is 23.1 Å². The van der Waals surface area contributed by atoms with E-state index in [2.05, 4.69) is 9.97 Å². The number of H-pyrrole nitrogens is 1. The summed E-state index contributed by atoms with van der Waals surface area (Å²) in [6, 6.07) is 3.18. The van der Waals surface area contributed by atoms with Crippen LogP contribution in [0.3, 0.4) is 0 Å². The van der Waals surface area contributed by atoms with Crippen LogP contribution >= 0.6 is 0 Å². The number of ether oxygens (including phenoxy) is 1. The highest BCUT2D eigenvalue weighted by Gasteiger charge is 2.33. The van der Waals surface area contributed by atoms with Gasteiger partial charge in [-0.3, -0.25) is 4.79 Å². The smallest absolute Gasteiger partial charge is 0.255 e. The van der Waals surface area contributed by atoms with Crippen LogP contribution in [0.1, 0.15) is 28.2 Å². The summed E-state index contributed by atoms with van der Waals surface area (Å²) in [6.07, 6.45) is 0. The van der Waals surface area contributed by atoms with Crippen molar-refractivity contribution >= 4 is 10.0 Å². The standard InChI is InChI=1S/C16H19N3O4S/c1-9-5-12(6-10(2)15(9)23-4)24(21,22)19-7-13-14(8-19)17-11(3)18-16(13)20/h5-6H,7-8H2,1-4H3,(H,17,18,20). The van der Waals surface area contributed by atoms with Gasteiger partial charge in [-0.15, -0.1) is 0 Å². The van der Waals surface area contributed by atoms with Crippen molar-refractivity contribution in [3.8, 4) is 5.75 Å². The summed E-state index contributed by atoms with van der Waals surface area (Å²) >= 11 is 0.